The van der Waals surface area contributed by atoms with Crippen molar-refractivity contribution < 1.29 is 35.9 Å². The number of ether oxygens (including phenoxy) is 2. The average Bonchev–Trinajstić information content (AvgIpc) is 3.11. The van der Waals surface area contributed by atoms with Crippen molar-refractivity contribution >= 4 is 21.4 Å². The van der Waals surface area contributed by atoms with Crippen molar-refractivity contribution in [3.63, 3.8) is 0 Å². The van der Waals surface area contributed by atoms with E-state index >= 15 is 0 Å². The number of anilines is 1. The Labute approximate surface area is 178 Å². The fourth-order valence-electron chi connectivity index (χ4n) is 3.48. The highest BCUT2D eigenvalue weighted by Crippen LogP contribution is 2.38. The molecular formula is C21H22F3NO5S. The lowest BCUT2D eigenvalue weighted by atomic mass is 10.1. The Morgan fingerprint density at radius 3 is 2.39 bits per heavy atom. The SMILES string of the molecule is COc1ccc2c(c1C)CCN2C(=O)c1cc(S(C)(=O)=O)ccc1O[C@@H](C)C(F)(F)F. The van der Waals surface area contributed by atoms with Gasteiger partial charge in [0.05, 0.1) is 17.6 Å². The molecule has 0 saturated heterocycles. The lowest BCUT2D eigenvalue weighted by Crippen LogP contribution is -2.33. The van der Waals surface area contributed by atoms with Gasteiger partial charge in [-0.1, -0.05) is 0 Å². The van der Waals surface area contributed by atoms with E-state index < -0.39 is 28.0 Å². The summed E-state index contributed by atoms with van der Waals surface area (Å²) in [7, 11) is -2.16. The maximum Gasteiger partial charge on any atom is 0.425 e. The van der Waals surface area contributed by atoms with Gasteiger partial charge >= 0.3 is 6.18 Å². The third-order valence-corrected chi connectivity index (χ3v) is 6.35. The van der Waals surface area contributed by atoms with E-state index in [1.54, 1.807) is 12.1 Å². The minimum Gasteiger partial charge on any atom is -0.496 e. The van der Waals surface area contributed by atoms with Crippen LogP contribution in [0.4, 0.5) is 18.9 Å². The average molecular weight is 457 g/mol. The summed E-state index contributed by atoms with van der Waals surface area (Å²) >= 11 is 0. The number of fused-ring (bicyclic) bond motifs is 1. The summed E-state index contributed by atoms with van der Waals surface area (Å²) in [4.78, 5) is 14.6. The number of benzene rings is 2. The molecular weight excluding hydrogens is 435 g/mol. The van der Waals surface area contributed by atoms with Crippen LogP contribution in [0.25, 0.3) is 0 Å². The van der Waals surface area contributed by atoms with E-state index in [1.807, 2.05) is 6.92 Å². The predicted molar refractivity (Wildman–Crippen MR) is 109 cm³/mol. The second kappa shape index (κ2) is 8.07. The van der Waals surface area contributed by atoms with Gasteiger partial charge in [0, 0.05) is 18.5 Å². The number of alkyl halides is 3. The molecule has 168 valence electrons. The Bertz CT molecular complexity index is 1130. The van der Waals surface area contributed by atoms with Crippen molar-refractivity contribution in [2.75, 3.05) is 24.8 Å². The Kier molecular flexibility index (Phi) is 5.96. The largest absolute Gasteiger partial charge is 0.496 e. The standard InChI is InChI=1S/C21H22F3NO5S/c1-12-15-9-10-25(17(15)6-8-18(12)29-3)20(26)16-11-14(31(4,27)28)5-7-19(16)30-13(2)21(22,23)24/h5-8,11,13H,9-10H2,1-4H3/t13-/m0/s1. The molecule has 1 aliphatic heterocycles. The lowest BCUT2D eigenvalue weighted by molar-refractivity contribution is -0.189. The van der Waals surface area contributed by atoms with E-state index in [4.69, 9.17) is 9.47 Å². The zero-order valence-electron chi connectivity index (χ0n) is 17.4. The first-order chi connectivity index (χ1) is 14.3. The Morgan fingerprint density at radius 1 is 1.16 bits per heavy atom. The Balaban J connectivity index is 2.07. The van der Waals surface area contributed by atoms with E-state index in [9.17, 15) is 26.4 Å². The number of sulfone groups is 1. The summed E-state index contributed by atoms with van der Waals surface area (Å²) in [5.74, 6) is -0.311. The van der Waals surface area contributed by atoms with Crippen LogP contribution in [0.1, 0.15) is 28.4 Å². The van der Waals surface area contributed by atoms with Gasteiger partial charge in [0.1, 0.15) is 11.5 Å². The van der Waals surface area contributed by atoms with Crippen LogP contribution in [0, 0.1) is 6.92 Å². The molecule has 3 rings (SSSR count). The molecule has 0 bridgehead atoms. The number of hydrogen-bond donors (Lipinski definition) is 0. The molecule has 1 amide bonds. The fourth-order valence-corrected chi connectivity index (χ4v) is 4.13. The number of hydrogen-bond acceptors (Lipinski definition) is 5. The minimum atomic E-state index is -4.65. The van der Waals surface area contributed by atoms with E-state index in [-0.39, 0.29) is 16.2 Å². The zero-order valence-corrected chi connectivity index (χ0v) is 18.2. The monoisotopic (exact) mass is 457 g/mol. The Morgan fingerprint density at radius 2 is 1.81 bits per heavy atom. The molecule has 31 heavy (non-hydrogen) atoms. The highest BCUT2D eigenvalue weighted by atomic mass is 32.2. The van der Waals surface area contributed by atoms with E-state index in [1.165, 1.54) is 12.0 Å². The fraction of sp³-hybridized carbons (Fsp3) is 0.381. The molecule has 2 aromatic rings. The quantitative estimate of drug-likeness (QED) is 0.680. The number of nitrogens with zero attached hydrogens (tertiary/aromatic N) is 1. The van der Waals surface area contributed by atoms with Gasteiger partial charge in [0.2, 0.25) is 0 Å². The van der Waals surface area contributed by atoms with Crippen LogP contribution in [0.2, 0.25) is 0 Å². The first-order valence-electron chi connectivity index (χ1n) is 9.40. The van der Waals surface area contributed by atoms with Crippen LogP contribution in [0.3, 0.4) is 0 Å². The molecule has 1 heterocycles. The third-order valence-electron chi connectivity index (χ3n) is 5.24. The van der Waals surface area contributed by atoms with Crippen LogP contribution in [-0.2, 0) is 16.3 Å². The summed E-state index contributed by atoms with van der Waals surface area (Å²) < 4.78 is 73.3. The van der Waals surface area contributed by atoms with Gasteiger partial charge in [-0.2, -0.15) is 13.2 Å². The zero-order chi connectivity index (χ0) is 23.1. The van der Waals surface area contributed by atoms with E-state index in [0.717, 1.165) is 42.5 Å². The molecule has 1 atom stereocenters. The van der Waals surface area contributed by atoms with E-state index in [2.05, 4.69) is 0 Å². The highest BCUT2D eigenvalue weighted by Gasteiger charge is 2.39. The summed E-state index contributed by atoms with van der Waals surface area (Å²) in [5, 5.41) is 0. The van der Waals surface area contributed by atoms with Crippen LogP contribution < -0.4 is 14.4 Å². The number of halogens is 3. The van der Waals surface area contributed by atoms with Crippen LogP contribution in [0.5, 0.6) is 11.5 Å². The normalized spacial score (nSPS) is 14.9. The van der Waals surface area contributed by atoms with Crippen molar-refractivity contribution in [2.24, 2.45) is 0 Å². The van der Waals surface area contributed by atoms with Crippen LogP contribution in [-0.4, -0.2) is 46.5 Å². The smallest absolute Gasteiger partial charge is 0.425 e. The van der Waals surface area contributed by atoms with Gasteiger partial charge in [0.25, 0.3) is 5.91 Å². The summed E-state index contributed by atoms with van der Waals surface area (Å²) in [6.07, 6.45) is -5.34. The van der Waals surface area contributed by atoms with Gasteiger partial charge in [-0.25, -0.2) is 8.42 Å². The van der Waals surface area contributed by atoms with Gasteiger partial charge in [-0.05, 0) is 61.7 Å². The van der Waals surface area contributed by atoms with Crippen molar-refractivity contribution in [1.29, 1.82) is 0 Å². The number of amides is 1. The lowest BCUT2D eigenvalue weighted by Gasteiger charge is -2.23. The van der Waals surface area contributed by atoms with E-state index in [0.29, 0.717) is 24.4 Å². The van der Waals surface area contributed by atoms with Crippen LogP contribution in [0.15, 0.2) is 35.2 Å². The number of carbonyl (C=O) groups is 1. The summed E-state index contributed by atoms with van der Waals surface area (Å²) in [6.45, 7) is 2.97. The highest BCUT2D eigenvalue weighted by molar-refractivity contribution is 7.90. The van der Waals surface area contributed by atoms with Crippen LogP contribution >= 0.6 is 0 Å². The molecule has 6 nitrogen and oxygen atoms in total. The molecule has 0 spiro atoms. The van der Waals surface area contributed by atoms with Crippen molar-refractivity contribution in [3.05, 3.63) is 47.0 Å². The molecule has 0 fully saturated rings. The summed E-state index contributed by atoms with van der Waals surface area (Å²) in [6, 6.07) is 6.67. The topological polar surface area (TPSA) is 72.9 Å². The van der Waals surface area contributed by atoms with Crippen molar-refractivity contribution in [3.8, 4) is 11.5 Å². The first-order valence-corrected chi connectivity index (χ1v) is 11.3. The van der Waals surface area contributed by atoms with Crippen molar-refractivity contribution in [1.82, 2.24) is 0 Å². The molecule has 0 aromatic heterocycles. The molecule has 0 radical (unpaired) electrons. The number of carbonyl (C=O) groups excluding carboxylic acids is 1. The maximum absolute atomic E-state index is 13.3. The van der Waals surface area contributed by atoms with Gasteiger partial charge < -0.3 is 14.4 Å². The molecule has 2 aromatic carbocycles. The molecule has 1 aliphatic rings. The maximum atomic E-state index is 13.3. The van der Waals surface area contributed by atoms with Gasteiger partial charge in [-0.15, -0.1) is 0 Å². The van der Waals surface area contributed by atoms with Gasteiger partial charge in [0.15, 0.2) is 15.9 Å². The molecule has 0 saturated carbocycles. The second-order valence-corrected chi connectivity index (χ2v) is 9.34. The van der Waals surface area contributed by atoms with Crippen molar-refractivity contribution in [2.45, 2.75) is 37.4 Å². The molecule has 0 aliphatic carbocycles. The molecule has 10 heteroatoms. The molecule has 0 unspecified atom stereocenters. The Hall–Kier alpha value is -2.75. The third kappa shape index (κ3) is 4.48. The van der Waals surface area contributed by atoms with Gasteiger partial charge in [-0.3, -0.25) is 4.79 Å². The summed E-state index contributed by atoms with van der Waals surface area (Å²) in [5.41, 5.74) is 2.10. The number of methoxy groups -OCH3 is 1. The second-order valence-electron chi connectivity index (χ2n) is 7.33. The molecule has 0 N–H and O–H groups in total. The number of rotatable bonds is 5. The minimum absolute atomic E-state index is 0.187. The predicted octanol–water partition coefficient (Wildman–Crippen LogP) is 3.94. The first kappa shape index (κ1) is 22.9.